The van der Waals surface area contributed by atoms with Crippen LogP contribution in [0.5, 0.6) is 0 Å². The maximum absolute atomic E-state index is 12.6. The van der Waals surface area contributed by atoms with Crippen molar-refractivity contribution in [2.45, 2.75) is 29.8 Å². The van der Waals surface area contributed by atoms with Gasteiger partial charge in [-0.05, 0) is 24.3 Å². The zero-order valence-corrected chi connectivity index (χ0v) is 17.5. The SMILES string of the molecule is CNC1=N[C@@H]2[C@H](OC(=O)c3ccccc3)[C@H](O)[C@@H](COC(=O)c3ccccc3)O[C@@H]2S1. The number of nitrogens with zero attached hydrogens (tertiary/aromatic N) is 1. The van der Waals surface area contributed by atoms with E-state index in [2.05, 4.69) is 10.3 Å². The first-order valence-electron chi connectivity index (χ1n) is 9.81. The molecule has 162 valence electrons. The highest BCUT2D eigenvalue weighted by Gasteiger charge is 2.51. The molecule has 2 aromatic carbocycles. The van der Waals surface area contributed by atoms with Gasteiger partial charge in [-0.25, -0.2) is 9.59 Å². The lowest BCUT2D eigenvalue weighted by atomic mass is 9.98. The number of benzene rings is 2. The maximum Gasteiger partial charge on any atom is 0.338 e. The summed E-state index contributed by atoms with van der Waals surface area (Å²) in [4.78, 5) is 29.4. The summed E-state index contributed by atoms with van der Waals surface area (Å²) in [5.41, 5.74) is 0.280. The van der Waals surface area contributed by atoms with Crippen LogP contribution in [0.2, 0.25) is 0 Å². The van der Waals surface area contributed by atoms with E-state index in [-0.39, 0.29) is 6.61 Å². The zero-order valence-electron chi connectivity index (χ0n) is 16.7. The lowest BCUT2D eigenvalue weighted by molar-refractivity contribution is -0.166. The second-order valence-electron chi connectivity index (χ2n) is 7.03. The molecule has 1 saturated heterocycles. The van der Waals surface area contributed by atoms with Crippen LogP contribution in [0.15, 0.2) is 65.7 Å². The summed E-state index contributed by atoms with van der Waals surface area (Å²) in [5.74, 6) is -1.09. The first-order valence-corrected chi connectivity index (χ1v) is 10.7. The molecule has 0 spiro atoms. The molecule has 9 heteroatoms. The van der Waals surface area contributed by atoms with Crippen molar-refractivity contribution in [1.29, 1.82) is 0 Å². The molecule has 2 aliphatic rings. The fourth-order valence-corrected chi connectivity index (χ4v) is 4.47. The summed E-state index contributed by atoms with van der Waals surface area (Å²) < 4.78 is 17.0. The van der Waals surface area contributed by atoms with Crippen molar-refractivity contribution < 1.29 is 28.9 Å². The number of hydrogen-bond donors (Lipinski definition) is 2. The molecule has 4 rings (SSSR count). The Labute approximate surface area is 183 Å². The van der Waals surface area contributed by atoms with Crippen LogP contribution in [-0.4, -0.2) is 65.7 Å². The molecule has 8 nitrogen and oxygen atoms in total. The topological polar surface area (TPSA) is 106 Å². The Hall–Kier alpha value is -2.88. The fourth-order valence-electron chi connectivity index (χ4n) is 3.39. The number of fused-ring (bicyclic) bond motifs is 1. The van der Waals surface area contributed by atoms with Crippen molar-refractivity contribution in [3.8, 4) is 0 Å². The van der Waals surface area contributed by atoms with E-state index in [1.807, 2.05) is 0 Å². The third-order valence-corrected chi connectivity index (χ3v) is 6.15. The Kier molecular flexibility index (Phi) is 6.55. The predicted molar refractivity (Wildman–Crippen MR) is 115 cm³/mol. The molecule has 0 bridgehead atoms. The van der Waals surface area contributed by atoms with Gasteiger partial charge in [0.1, 0.15) is 30.3 Å². The van der Waals surface area contributed by atoms with E-state index in [4.69, 9.17) is 14.2 Å². The van der Waals surface area contributed by atoms with Gasteiger partial charge in [-0.1, -0.05) is 48.2 Å². The molecule has 0 saturated carbocycles. The second-order valence-corrected chi connectivity index (χ2v) is 8.11. The van der Waals surface area contributed by atoms with Gasteiger partial charge in [0.25, 0.3) is 0 Å². The molecule has 2 N–H and O–H groups in total. The second kappa shape index (κ2) is 9.51. The van der Waals surface area contributed by atoms with Crippen LogP contribution in [0.4, 0.5) is 0 Å². The van der Waals surface area contributed by atoms with Crippen molar-refractivity contribution in [1.82, 2.24) is 5.32 Å². The summed E-state index contributed by atoms with van der Waals surface area (Å²) in [6.07, 6.45) is -3.05. The summed E-state index contributed by atoms with van der Waals surface area (Å²) in [6.45, 7) is -0.188. The Bertz CT molecular complexity index is 955. The highest BCUT2D eigenvalue weighted by atomic mass is 32.2. The number of aliphatic imine (C=N–C) groups is 1. The number of amidine groups is 1. The molecule has 0 aromatic heterocycles. The molecule has 31 heavy (non-hydrogen) atoms. The summed E-state index contributed by atoms with van der Waals surface area (Å²) >= 11 is 1.33. The van der Waals surface area contributed by atoms with E-state index < -0.39 is 41.7 Å². The molecular formula is C22H22N2O6S. The zero-order chi connectivity index (χ0) is 21.8. The van der Waals surface area contributed by atoms with E-state index in [1.165, 1.54) is 11.8 Å². The van der Waals surface area contributed by atoms with E-state index in [1.54, 1.807) is 67.7 Å². The van der Waals surface area contributed by atoms with Gasteiger partial charge in [0.15, 0.2) is 11.3 Å². The number of hydrogen-bond acceptors (Lipinski definition) is 9. The molecule has 0 radical (unpaired) electrons. The number of aliphatic hydroxyl groups excluding tert-OH is 1. The lowest BCUT2D eigenvalue weighted by Gasteiger charge is -2.39. The molecule has 0 amide bonds. The van der Waals surface area contributed by atoms with Crippen molar-refractivity contribution in [2.75, 3.05) is 13.7 Å². The van der Waals surface area contributed by atoms with Gasteiger partial charge in [-0.2, -0.15) is 0 Å². The molecule has 5 atom stereocenters. The summed E-state index contributed by atoms with van der Waals surface area (Å²) in [7, 11) is 1.73. The molecule has 2 aliphatic heterocycles. The Morgan fingerprint density at radius 2 is 1.68 bits per heavy atom. The van der Waals surface area contributed by atoms with Gasteiger partial charge in [0.05, 0.1) is 11.1 Å². The standard InChI is InChI=1S/C22H22N2O6S/c1-23-22-24-16-18(30-20(27)14-10-6-3-7-11-14)17(25)15(29-21(16)31-22)12-28-19(26)13-8-4-2-5-9-13/h2-11,15-18,21,25H,12H2,1H3,(H,23,24)/t15-,16-,17-,18+,21-/m1/s1. The third-order valence-electron chi connectivity index (χ3n) is 4.99. The molecule has 2 aromatic rings. The van der Waals surface area contributed by atoms with Gasteiger partial charge in [0, 0.05) is 7.05 Å². The summed E-state index contributed by atoms with van der Waals surface area (Å²) in [5, 5.41) is 14.5. The number of ether oxygens (including phenoxy) is 3. The molecule has 2 heterocycles. The van der Waals surface area contributed by atoms with Crippen LogP contribution in [0, 0.1) is 0 Å². The van der Waals surface area contributed by atoms with Crippen molar-refractivity contribution in [3.05, 3.63) is 71.8 Å². The minimum absolute atomic E-state index is 0.188. The largest absolute Gasteiger partial charge is 0.459 e. The van der Waals surface area contributed by atoms with Crippen molar-refractivity contribution >= 4 is 28.9 Å². The van der Waals surface area contributed by atoms with Crippen LogP contribution in [0.25, 0.3) is 0 Å². The maximum atomic E-state index is 12.6. The number of thioether (sulfide) groups is 1. The highest BCUT2D eigenvalue weighted by Crippen LogP contribution is 2.37. The summed E-state index contributed by atoms with van der Waals surface area (Å²) in [6, 6.07) is 16.5. The minimum Gasteiger partial charge on any atom is -0.459 e. The molecular weight excluding hydrogens is 420 g/mol. The highest BCUT2D eigenvalue weighted by molar-refractivity contribution is 8.14. The van der Waals surface area contributed by atoms with Crippen LogP contribution >= 0.6 is 11.8 Å². The van der Waals surface area contributed by atoms with Crippen LogP contribution in [0.1, 0.15) is 20.7 Å². The quantitative estimate of drug-likeness (QED) is 0.676. The minimum atomic E-state index is -1.22. The lowest BCUT2D eigenvalue weighted by Crippen LogP contribution is -2.57. The van der Waals surface area contributed by atoms with Gasteiger partial charge >= 0.3 is 11.9 Å². The monoisotopic (exact) mass is 442 g/mol. The smallest absolute Gasteiger partial charge is 0.338 e. The van der Waals surface area contributed by atoms with Crippen LogP contribution < -0.4 is 5.32 Å². The molecule has 1 fully saturated rings. The average Bonchev–Trinajstić information content (AvgIpc) is 3.23. The first-order chi connectivity index (χ1) is 15.1. The third kappa shape index (κ3) is 4.73. The first kappa shape index (κ1) is 21.4. The Balaban J connectivity index is 1.48. The number of carbonyl (C=O) groups excluding carboxylic acids is 2. The number of esters is 2. The number of rotatable bonds is 5. The van der Waals surface area contributed by atoms with Crippen molar-refractivity contribution in [2.24, 2.45) is 4.99 Å². The number of nitrogens with one attached hydrogen (secondary N) is 1. The van der Waals surface area contributed by atoms with Gasteiger partial charge in [0.2, 0.25) is 0 Å². The van der Waals surface area contributed by atoms with E-state index in [9.17, 15) is 14.7 Å². The van der Waals surface area contributed by atoms with Gasteiger partial charge < -0.3 is 24.6 Å². The fraction of sp³-hybridized carbons (Fsp3) is 0.318. The van der Waals surface area contributed by atoms with E-state index in [0.717, 1.165) is 0 Å². The number of aliphatic hydroxyl groups is 1. The van der Waals surface area contributed by atoms with E-state index in [0.29, 0.717) is 16.3 Å². The molecule has 0 aliphatic carbocycles. The van der Waals surface area contributed by atoms with Gasteiger partial charge in [-0.15, -0.1) is 0 Å². The van der Waals surface area contributed by atoms with Crippen LogP contribution in [-0.2, 0) is 14.2 Å². The predicted octanol–water partition coefficient (Wildman–Crippen LogP) is 1.85. The Morgan fingerprint density at radius 1 is 1.06 bits per heavy atom. The van der Waals surface area contributed by atoms with Gasteiger partial charge in [-0.3, -0.25) is 4.99 Å². The average molecular weight is 442 g/mol. The Morgan fingerprint density at radius 3 is 2.29 bits per heavy atom. The van der Waals surface area contributed by atoms with Crippen molar-refractivity contribution in [3.63, 3.8) is 0 Å². The normalized spacial score (nSPS) is 27.0. The van der Waals surface area contributed by atoms with E-state index >= 15 is 0 Å². The van der Waals surface area contributed by atoms with Crippen LogP contribution in [0.3, 0.4) is 0 Å². The molecule has 0 unspecified atom stereocenters. The number of carbonyl (C=O) groups is 2.